The smallest absolute Gasteiger partial charge is 0.325 e. The molecule has 0 aliphatic carbocycles. The molecule has 1 aromatic carbocycles. The Labute approximate surface area is 143 Å². The maximum absolute atomic E-state index is 12.7. The molecule has 0 aromatic heterocycles. The normalized spacial score (nSPS) is 22.6. The molecule has 9 heteroatoms. The van der Waals surface area contributed by atoms with Crippen molar-refractivity contribution in [2.45, 2.75) is 12.5 Å². The molecule has 2 aliphatic rings. The Morgan fingerprint density at radius 1 is 1.24 bits per heavy atom. The van der Waals surface area contributed by atoms with Crippen LogP contribution in [0.1, 0.15) is 18.1 Å². The highest BCUT2D eigenvalue weighted by Crippen LogP contribution is 2.29. The quantitative estimate of drug-likeness (QED) is 0.742. The Morgan fingerprint density at radius 3 is 2.48 bits per heavy atom. The Kier molecular flexibility index (Phi) is 3.88. The summed E-state index contributed by atoms with van der Waals surface area (Å²) in [6, 6.07) is 6.98. The van der Waals surface area contributed by atoms with Crippen LogP contribution >= 0.6 is 0 Å². The van der Waals surface area contributed by atoms with E-state index in [1.54, 1.807) is 24.3 Å². The predicted octanol–water partition coefficient (Wildman–Crippen LogP) is -0.123. The average Bonchev–Trinajstić information content (AvgIpc) is 3.12. The first-order valence-electron chi connectivity index (χ1n) is 7.60. The molecule has 0 radical (unpaired) electrons. The van der Waals surface area contributed by atoms with E-state index in [2.05, 4.69) is 10.6 Å². The predicted molar refractivity (Wildman–Crippen MR) is 83.9 cm³/mol. The van der Waals surface area contributed by atoms with Gasteiger partial charge in [-0.25, -0.2) is 9.59 Å². The summed E-state index contributed by atoms with van der Waals surface area (Å²) in [5, 5.41) is 13.9. The Bertz CT molecular complexity index is 813. The molecule has 1 unspecified atom stereocenters. The van der Waals surface area contributed by atoms with Gasteiger partial charge in [0.25, 0.3) is 11.8 Å². The van der Waals surface area contributed by atoms with Crippen LogP contribution in [0.25, 0.3) is 0 Å². The molecule has 3 rings (SSSR count). The zero-order valence-electron chi connectivity index (χ0n) is 13.4. The van der Waals surface area contributed by atoms with Gasteiger partial charge in [0, 0.05) is 13.1 Å². The molecule has 128 valence electrons. The van der Waals surface area contributed by atoms with E-state index in [1.807, 2.05) is 6.07 Å². The molecule has 0 spiro atoms. The van der Waals surface area contributed by atoms with Gasteiger partial charge >= 0.3 is 12.1 Å². The Hall–Kier alpha value is -3.41. The van der Waals surface area contributed by atoms with E-state index < -0.39 is 36.0 Å². The van der Waals surface area contributed by atoms with Gasteiger partial charge in [-0.15, -0.1) is 0 Å². The van der Waals surface area contributed by atoms with Crippen molar-refractivity contribution in [2.24, 2.45) is 0 Å². The highest BCUT2D eigenvalue weighted by molar-refractivity contribution is 6.10. The molecule has 2 saturated heterocycles. The minimum atomic E-state index is -1.33. The summed E-state index contributed by atoms with van der Waals surface area (Å²) in [6.45, 7) is 1.56. The molecule has 2 aliphatic heterocycles. The maximum Gasteiger partial charge on any atom is 0.325 e. The number of amides is 6. The van der Waals surface area contributed by atoms with Crippen molar-refractivity contribution in [1.29, 1.82) is 5.26 Å². The lowest BCUT2D eigenvalue weighted by atomic mass is 9.91. The number of hydrogen-bond acceptors (Lipinski definition) is 5. The highest BCUT2D eigenvalue weighted by Gasteiger charge is 2.50. The number of hydrogen-bond donors (Lipinski definition) is 2. The third kappa shape index (κ3) is 2.67. The van der Waals surface area contributed by atoms with E-state index in [1.165, 1.54) is 6.92 Å². The van der Waals surface area contributed by atoms with Crippen LogP contribution in [0.15, 0.2) is 24.3 Å². The molecule has 2 N–H and O–H groups in total. The van der Waals surface area contributed by atoms with Crippen LogP contribution in [0.5, 0.6) is 0 Å². The monoisotopic (exact) mass is 341 g/mol. The molecule has 6 amide bonds. The molecule has 9 nitrogen and oxygen atoms in total. The second kappa shape index (κ2) is 5.90. The summed E-state index contributed by atoms with van der Waals surface area (Å²) in [7, 11) is 0. The third-order valence-corrected chi connectivity index (χ3v) is 4.32. The lowest BCUT2D eigenvalue weighted by Gasteiger charge is -2.22. The summed E-state index contributed by atoms with van der Waals surface area (Å²) in [5.41, 5.74) is -0.409. The number of nitriles is 1. The van der Waals surface area contributed by atoms with E-state index >= 15 is 0 Å². The van der Waals surface area contributed by atoms with Crippen molar-refractivity contribution in [3.05, 3.63) is 35.4 Å². The number of imide groups is 2. The number of urea groups is 2. The van der Waals surface area contributed by atoms with Gasteiger partial charge in [0.15, 0.2) is 0 Å². The van der Waals surface area contributed by atoms with E-state index in [9.17, 15) is 19.2 Å². The fourth-order valence-electron chi connectivity index (χ4n) is 2.84. The summed E-state index contributed by atoms with van der Waals surface area (Å²) in [5.74, 6) is -1.21. The van der Waals surface area contributed by atoms with Crippen molar-refractivity contribution < 1.29 is 19.2 Å². The lowest BCUT2D eigenvalue weighted by molar-refractivity contribution is -0.137. The SMILES string of the molecule is CC1(c2ccc(C#N)cc2)NC(=O)N(CC(=O)N2CCNC2=O)C1=O. The van der Waals surface area contributed by atoms with Gasteiger partial charge in [0.05, 0.1) is 11.6 Å². The van der Waals surface area contributed by atoms with Crippen molar-refractivity contribution in [3.8, 4) is 6.07 Å². The van der Waals surface area contributed by atoms with Crippen molar-refractivity contribution in [3.63, 3.8) is 0 Å². The number of benzene rings is 1. The zero-order chi connectivity index (χ0) is 18.2. The maximum atomic E-state index is 12.7. The molecular formula is C16H15N5O4. The lowest BCUT2D eigenvalue weighted by Crippen LogP contribution is -2.45. The standard InChI is InChI=1S/C16H15N5O4/c1-16(11-4-2-10(8-17)3-5-11)13(23)21(15(25)19-16)9-12(22)20-7-6-18-14(20)24/h2-5H,6-7,9H2,1H3,(H,18,24)(H,19,25). The Morgan fingerprint density at radius 2 is 1.92 bits per heavy atom. The van der Waals surface area contributed by atoms with Gasteiger partial charge < -0.3 is 10.6 Å². The highest BCUT2D eigenvalue weighted by atomic mass is 16.2. The van der Waals surface area contributed by atoms with Crippen LogP contribution in [0, 0.1) is 11.3 Å². The van der Waals surface area contributed by atoms with Crippen LogP contribution in [0.2, 0.25) is 0 Å². The van der Waals surface area contributed by atoms with Crippen LogP contribution in [-0.4, -0.2) is 53.3 Å². The van der Waals surface area contributed by atoms with Crippen molar-refractivity contribution in [1.82, 2.24) is 20.4 Å². The number of rotatable bonds is 3. The van der Waals surface area contributed by atoms with E-state index in [0.717, 1.165) is 9.80 Å². The largest absolute Gasteiger partial charge is 0.336 e. The van der Waals surface area contributed by atoms with E-state index in [4.69, 9.17) is 5.26 Å². The molecular weight excluding hydrogens is 326 g/mol. The van der Waals surface area contributed by atoms with Gasteiger partial charge in [0.2, 0.25) is 0 Å². The molecule has 25 heavy (non-hydrogen) atoms. The van der Waals surface area contributed by atoms with Gasteiger partial charge in [-0.05, 0) is 24.6 Å². The number of carbonyl (C=O) groups is 4. The van der Waals surface area contributed by atoms with Gasteiger partial charge in [-0.2, -0.15) is 5.26 Å². The van der Waals surface area contributed by atoms with Gasteiger partial charge in [0.1, 0.15) is 12.1 Å². The molecule has 0 bridgehead atoms. The minimum absolute atomic E-state index is 0.203. The Balaban J connectivity index is 1.80. The number of carbonyl (C=O) groups excluding carboxylic acids is 4. The van der Waals surface area contributed by atoms with Gasteiger partial charge in [-0.3, -0.25) is 19.4 Å². The summed E-state index contributed by atoms with van der Waals surface area (Å²) >= 11 is 0. The van der Waals surface area contributed by atoms with Crippen LogP contribution in [0.4, 0.5) is 9.59 Å². The number of nitrogens with one attached hydrogen (secondary N) is 2. The minimum Gasteiger partial charge on any atom is -0.336 e. The van der Waals surface area contributed by atoms with Crippen LogP contribution in [0.3, 0.4) is 0 Å². The van der Waals surface area contributed by atoms with Crippen LogP contribution < -0.4 is 10.6 Å². The first-order valence-corrected chi connectivity index (χ1v) is 7.60. The third-order valence-electron chi connectivity index (χ3n) is 4.32. The second-order valence-corrected chi connectivity index (χ2v) is 5.91. The molecule has 2 heterocycles. The fraction of sp³-hybridized carbons (Fsp3) is 0.312. The molecule has 1 aromatic rings. The second-order valence-electron chi connectivity index (χ2n) is 5.91. The van der Waals surface area contributed by atoms with Crippen molar-refractivity contribution >= 4 is 23.9 Å². The fourth-order valence-corrected chi connectivity index (χ4v) is 2.84. The first kappa shape index (κ1) is 16.4. The van der Waals surface area contributed by atoms with Crippen molar-refractivity contribution in [2.75, 3.05) is 19.6 Å². The zero-order valence-corrected chi connectivity index (χ0v) is 13.4. The van der Waals surface area contributed by atoms with Crippen LogP contribution in [-0.2, 0) is 15.1 Å². The average molecular weight is 341 g/mol. The summed E-state index contributed by atoms with van der Waals surface area (Å²) < 4.78 is 0. The molecule has 2 fully saturated rings. The van der Waals surface area contributed by atoms with Gasteiger partial charge in [-0.1, -0.05) is 12.1 Å². The van der Waals surface area contributed by atoms with E-state index in [-0.39, 0.29) is 6.54 Å². The molecule has 1 atom stereocenters. The molecule has 0 saturated carbocycles. The summed E-state index contributed by atoms with van der Waals surface area (Å²) in [4.78, 5) is 50.4. The topological polar surface area (TPSA) is 123 Å². The first-order chi connectivity index (χ1) is 11.9. The number of nitrogens with zero attached hydrogens (tertiary/aromatic N) is 3. The van der Waals surface area contributed by atoms with E-state index in [0.29, 0.717) is 17.7 Å². The summed E-state index contributed by atoms with van der Waals surface area (Å²) in [6.07, 6.45) is 0.